The monoisotopic (exact) mass is 337 g/mol. The fourth-order valence-corrected chi connectivity index (χ4v) is 3.62. The van der Waals surface area contributed by atoms with Crippen molar-refractivity contribution in [2.24, 2.45) is 0 Å². The van der Waals surface area contributed by atoms with Gasteiger partial charge < -0.3 is 14.7 Å². The molecule has 4 nitrogen and oxygen atoms in total. The van der Waals surface area contributed by atoms with Gasteiger partial charge >= 0.3 is 5.97 Å². The van der Waals surface area contributed by atoms with Gasteiger partial charge in [-0.2, -0.15) is 0 Å². The van der Waals surface area contributed by atoms with Crippen LogP contribution in [0.2, 0.25) is 0 Å². The Labute approximate surface area is 143 Å². The van der Waals surface area contributed by atoms with Gasteiger partial charge in [0.25, 0.3) is 0 Å². The Kier molecular flexibility index (Phi) is 3.70. The normalized spacial score (nSPS) is 12.8. The van der Waals surface area contributed by atoms with Crippen molar-refractivity contribution in [3.8, 4) is 11.5 Å². The molecule has 120 valence electrons. The number of hydrogen-bond donors (Lipinski definition) is 1. The highest BCUT2D eigenvalue weighted by Crippen LogP contribution is 2.39. The first kappa shape index (κ1) is 14.8. The minimum atomic E-state index is -0.879. The molecule has 0 fully saturated rings. The molecule has 0 radical (unpaired) electrons. The summed E-state index contributed by atoms with van der Waals surface area (Å²) >= 11 is 1.26. The predicted octanol–water partition coefficient (Wildman–Crippen LogP) is 4.76. The number of carboxylic acids is 1. The van der Waals surface area contributed by atoms with Gasteiger partial charge in [0.2, 0.25) is 0 Å². The zero-order valence-corrected chi connectivity index (χ0v) is 13.6. The molecular formula is C19H15NO3S. The lowest BCUT2D eigenvalue weighted by atomic mass is 10.1. The van der Waals surface area contributed by atoms with Crippen molar-refractivity contribution in [1.29, 1.82) is 0 Å². The highest BCUT2D eigenvalue weighted by atomic mass is 32.1. The maximum absolute atomic E-state index is 11.1. The van der Waals surface area contributed by atoms with Crippen LogP contribution in [-0.4, -0.2) is 11.1 Å². The van der Waals surface area contributed by atoms with Crippen molar-refractivity contribution in [2.45, 2.75) is 13.1 Å². The Balaban J connectivity index is 1.71. The van der Waals surface area contributed by atoms with E-state index in [2.05, 4.69) is 11.0 Å². The Morgan fingerprint density at radius 1 is 1.12 bits per heavy atom. The number of fused-ring (bicyclic) bond motifs is 2. The summed E-state index contributed by atoms with van der Waals surface area (Å²) < 4.78 is 6.08. The van der Waals surface area contributed by atoms with E-state index in [1.807, 2.05) is 47.8 Å². The van der Waals surface area contributed by atoms with Crippen LogP contribution in [-0.2, 0) is 13.1 Å². The van der Waals surface area contributed by atoms with E-state index in [-0.39, 0.29) is 0 Å². The SMILES string of the molecule is O=C(O)c1cc(CN2Cc3ccccc3Oc3ccccc32)cs1. The standard InChI is InChI=1S/C19H15NO3S/c21-19(22)18-9-13(12-24-18)10-20-11-14-5-1-3-7-16(14)23-17-8-4-2-6-15(17)20/h1-9,12H,10-11H2,(H,21,22). The maximum Gasteiger partial charge on any atom is 0.345 e. The summed E-state index contributed by atoms with van der Waals surface area (Å²) in [6, 6.07) is 17.7. The van der Waals surface area contributed by atoms with Crippen LogP contribution >= 0.6 is 11.3 Å². The Bertz CT molecular complexity index is 903. The average molecular weight is 337 g/mol. The van der Waals surface area contributed by atoms with E-state index in [0.29, 0.717) is 18.0 Å². The molecule has 4 rings (SSSR count). The molecular weight excluding hydrogens is 322 g/mol. The minimum absolute atomic E-state index is 0.366. The zero-order valence-electron chi connectivity index (χ0n) is 12.8. The van der Waals surface area contributed by atoms with E-state index in [0.717, 1.165) is 28.3 Å². The summed E-state index contributed by atoms with van der Waals surface area (Å²) in [6.45, 7) is 1.35. The number of nitrogens with zero attached hydrogens (tertiary/aromatic N) is 1. The Hall–Kier alpha value is -2.79. The summed E-state index contributed by atoms with van der Waals surface area (Å²) in [5, 5.41) is 11.0. The largest absolute Gasteiger partial charge is 0.477 e. The molecule has 2 aromatic carbocycles. The second kappa shape index (κ2) is 6.02. The first-order valence-electron chi connectivity index (χ1n) is 7.61. The molecule has 5 heteroatoms. The third-order valence-corrected chi connectivity index (χ3v) is 4.96. The van der Waals surface area contributed by atoms with Gasteiger partial charge in [-0.1, -0.05) is 30.3 Å². The highest BCUT2D eigenvalue weighted by molar-refractivity contribution is 7.12. The van der Waals surface area contributed by atoms with E-state index in [1.165, 1.54) is 11.3 Å². The van der Waals surface area contributed by atoms with Crippen LogP contribution in [0.5, 0.6) is 11.5 Å². The second-order valence-electron chi connectivity index (χ2n) is 5.66. The van der Waals surface area contributed by atoms with Crippen LogP contribution in [0.15, 0.2) is 60.0 Å². The van der Waals surface area contributed by atoms with E-state index < -0.39 is 5.97 Å². The van der Waals surface area contributed by atoms with Gasteiger partial charge in [0.15, 0.2) is 5.75 Å². The van der Waals surface area contributed by atoms with Crippen LogP contribution in [0, 0.1) is 0 Å². The van der Waals surface area contributed by atoms with Gasteiger partial charge in [-0.15, -0.1) is 11.3 Å². The third kappa shape index (κ3) is 2.74. The Morgan fingerprint density at radius 3 is 2.67 bits per heavy atom. The van der Waals surface area contributed by atoms with Crippen LogP contribution < -0.4 is 9.64 Å². The van der Waals surface area contributed by atoms with Crippen LogP contribution in [0.3, 0.4) is 0 Å². The zero-order chi connectivity index (χ0) is 16.5. The number of anilines is 1. The van der Waals surface area contributed by atoms with Gasteiger partial charge in [0.1, 0.15) is 10.6 Å². The highest BCUT2D eigenvalue weighted by Gasteiger charge is 2.21. The van der Waals surface area contributed by atoms with Crippen LogP contribution in [0.25, 0.3) is 0 Å². The summed E-state index contributed by atoms with van der Waals surface area (Å²) in [5.74, 6) is 0.802. The lowest BCUT2D eigenvalue weighted by molar-refractivity contribution is 0.0702. The van der Waals surface area contributed by atoms with Crippen LogP contribution in [0.4, 0.5) is 5.69 Å². The Morgan fingerprint density at radius 2 is 1.88 bits per heavy atom. The van der Waals surface area contributed by atoms with E-state index in [9.17, 15) is 4.79 Å². The number of carbonyl (C=O) groups is 1. The summed E-state index contributed by atoms with van der Waals surface area (Å²) in [6.07, 6.45) is 0. The van der Waals surface area contributed by atoms with Crippen molar-refractivity contribution in [2.75, 3.05) is 4.90 Å². The van der Waals surface area contributed by atoms with Crippen molar-refractivity contribution in [1.82, 2.24) is 0 Å². The summed E-state index contributed by atoms with van der Waals surface area (Å²) in [7, 11) is 0. The molecule has 1 aliphatic rings. The van der Waals surface area contributed by atoms with E-state index >= 15 is 0 Å². The number of carboxylic acid groups (broad SMARTS) is 1. The van der Waals surface area contributed by atoms with E-state index in [1.54, 1.807) is 6.07 Å². The molecule has 0 saturated carbocycles. The topological polar surface area (TPSA) is 49.8 Å². The molecule has 0 bridgehead atoms. The molecule has 0 spiro atoms. The lowest BCUT2D eigenvalue weighted by Crippen LogP contribution is -2.21. The summed E-state index contributed by atoms with van der Waals surface area (Å²) in [4.78, 5) is 13.7. The van der Waals surface area contributed by atoms with Crippen molar-refractivity contribution >= 4 is 23.0 Å². The van der Waals surface area contributed by atoms with Crippen molar-refractivity contribution < 1.29 is 14.6 Å². The first-order chi connectivity index (χ1) is 11.7. The number of thiophene rings is 1. The average Bonchev–Trinajstić information content (AvgIpc) is 2.99. The lowest BCUT2D eigenvalue weighted by Gasteiger charge is -2.23. The molecule has 2 heterocycles. The summed E-state index contributed by atoms with van der Waals surface area (Å²) in [5.41, 5.74) is 3.12. The fourth-order valence-electron chi connectivity index (χ4n) is 2.88. The maximum atomic E-state index is 11.1. The number of ether oxygens (including phenoxy) is 1. The van der Waals surface area contributed by atoms with Crippen LogP contribution in [0.1, 0.15) is 20.8 Å². The molecule has 3 aromatic rings. The van der Waals surface area contributed by atoms with E-state index in [4.69, 9.17) is 9.84 Å². The number of aromatic carboxylic acids is 1. The fraction of sp³-hybridized carbons (Fsp3) is 0.105. The van der Waals surface area contributed by atoms with Gasteiger partial charge in [-0.05, 0) is 35.2 Å². The van der Waals surface area contributed by atoms with Gasteiger partial charge in [0.05, 0.1) is 5.69 Å². The number of rotatable bonds is 3. The second-order valence-corrected chi connectivity index (χ2v) is 6.57. The molecule has 1 N–H and O–H groups in total. The predicted molar refractivity (Wildman–Crippen MR) is 94.1 cm³/mol. The number of benzene rings is 2. The molecule has 1 aliphatic heterocycles. The van der Waals surface area contributed by atoms with Gasteiger partial charge in [-0.3, -0.25) is 0 Å². The quantitative estimate of drug-likeness (QED) is 0.749. The number of hydrogen-bond acceptors (Lipinski definition) is 4. The molecule has 0 aliphatic carbocycles. The van der Waals surface area contributed by atoms with Crippen molar-refractivity contribution in [3.05, 3.63) is 76.0 Å². The van der Waals surface area contributed by atoms with Gasteiger partial charge in [-0.25, -0.2) is 4.79 Å². The molecule has 1 aromatic heterocycles. The molecule has 0 saturated heterocycles. The smallest absolute Gasteiger partial charge is 0.345 e. The molecule has 0 atom stereocenters. The first-order valence-corrected chi connectivity index (χ1v) is 8.49. The number of para-hydroxylation sites is 3. The van der Waals surface area contributed by atoms with Gasteiger partial charge in [0, 0.05) is 18.7 Å². The van der Waals surface area contributed by atoms with Crippen molar-refractivity contribution in [3.63, 3.8) is 0 Å². The minimum Gasteiger partial charge on any atom is -0.477 e. The molecule has 0 unspecified atom stereocenters. The third-order valence-electron chi connectivity index (χ3n) is 4.00. The molecule has 0 amide bonds. The molecule has 24 heavy (non-hydrogen) atoms.